The summed E-state index contributed by atoms with van der Waals surface area (Å²) in [4.78, 5) is 21.0. The Morgan fingerprint density at radius 2 is 2.20 bits per heavy atom. The standard InChI is InChI=1S/C13H19N3O4/c1-9-5-6-12(16(19)20)11(8-9)15-7-3-2-4-10(14)13(17)18/h5-6,8,10,15H,2-4,7,14H2,1H3,(H,17,18). The summed E-state index contributed by atoms with van der Waals surface area (Å²) < 4.78 is 0. The van der Waals surface area contributed by atoms with Crippen LogP contribution in [-0.2, 0) is 4.79 Å². The van der Waals surface area contributed by atoms with Crippen LogP contribution in [0.5, 0.6) is 0 Å². The molecule has 110 valence electrons. The van der Waals surface area contributed by atoms with Crippen molar-refractivity contribution >= 4 is 17.3 Å². The zero-order chi connectivity index (χ0) is 15.1. The number of carbonyl (C=O) groups is 1. The van der Waals surface area contributed by atoms with Gasteiger partial charge in [-0.2, -0.15) is 0 Å². The van der Waals surface area contributed by atoms with E-state index < -0.39 is 16.9 Å². The molecule has 1 aromatic carbocycles. The zero-order valence-electron chi connectivity index (χ0n) is 11.3. The summed E-state index contributed by atoms with van der Waals surface area (Å²) in [5.41, 5.74) is 6.84. The number of hydrogen-bond acceptors (Lipinski definition) is 5. The number of aliphatic carboxylic acids is 1. The first-order valence-corrected chi connectivity index (χ1v) is 6.39. The molecule has 1 rings (SSSR count). The largest absolute Gasteiger partial charge is 0.480 e. The number of nitrogens with one attached hydrogen (secondary N) is 1. The van der Waals surface area contributed by atoms with E-state index in [9.17, 15) is 14.9 Å². The highest BCUT2D eigenvalue weighted by Crippen LogP contribution is 2.25. The lowest BCUT2D eigenvalue weighted by Gasteiger charge is -2.09. The summed E-state index contributed by atoms with van der Waals surface area (Å²) in [5, 5.41) is 22.5. The van der Waals surface area contributed by atoms with Gasteiger partial charge in [-0.05, 0) is 37.8 Å². The van der Waals surface area contributed by atoms with Gasteiger partial charge in [-0.15, -0.1) is 0 Å². The van der Waals surface area contributed by atoms with Gasteiger partial charge in [0.1, 0.15) is 11.7 Å². The lowest BCUT2D eigenvalue weighted by Crippen LogP contribution is -2.29. The number of hydrogen-bond donors (Lipinski definition) is 3. The van der Waals surface area contributed by atoms with Gasteiger partial charge < -0.3 is 16.2 Å². The Hall–Kier alpha value is -2.15. The fourth-order valence-corrected chi connectivity index (χ4v) is 1.79. The van der Waals surface area contributed by atoms with Crippen LogP contribution in [0.15, 0.2) is 18.2 Å². The number of rotatable bonds is 8. The number of carboxylic acids is 1. The van der Waals surface area contributed by atoms with E-state index in [1.165, 1.54) is 6.07 Å². The van der Waals surface area contributed by atoms with Crippen LogP contribution >= 0.6 is 0 Å². The quantitative estimate of drug-likeness (QED) is 0.380. The molecule has 1 atom stereocenters. The molecule has 7 nitrogen and oxygen atoms in total. The van der Waals surface area contributed by atoms with Crippen molar-refractivity contribution in [2.24, 2.45) is 5.73 Å². The SMILES string of the molecule is Cc1ccc([N+](=O)[O-])c(NCCCCC(N)C(=O)O)c1. The highest BCUT2D eigenvalue weighted by molar-refractivity contribution is 5.72. The minimum Gasteiger partial charge on any atom is -0.480 e. The Morgan fingerprint density at radius 3 is 2.80 bits per heavy atom. The number of nitro groups is 1. The van der Waals surface area contributed by atoms with E-state index in [2.05, 4.69) is 5.32 Å². The van der Waals surface area contributed by atoms with Crippen LogP contribution in [0.2, 0.25) is 0 Å². The minimum absolute atomic E-state index is 0.0397. The average molecular weight is 281 g/mol. The maximum atomic E-state index is 10.9. The van der Waals surface area contributed by atoms with Crippen LogP contribution in [0.4, 0.5) is 11.4 Å². The number of nitrogens with zero attached hydrogens (tertiary/aromatic N) is 1. The van der Waals surface area contributed by atoms with Gasteiger partial charge in [0.05, 0.1) is 4.92 Å². The molecule has 0 heterocycles. The molecule has 0 aliphatic heterocycles. The van der Waals surface area contributed by atoms with Gasteiger partial charge in [0.25, 0.3) is 5.69 Å². The number of unbranched alkanes of at least 4 members (excludes halogenated alkanes) is 1. The number of carboxylic acid groups (broad SMARTS) is 1. The smallest absolute Gasteiger partial charge is 0.320 e. The zero-order valence-corrected chi connectivity index (χ0v) is 11.3. The van der Waals surface area contributed by atoms with Crippen LogP contribution in [0, 0.1) is 17.0 Å². The Bertz CT molecular complexity index is 491. The highest BCUT2D eigenvalue weighted by Gasteiger charge is 2.13. The second-order valence-corrected chi connectivity index (χ2v) is 4.65. The molecule has 0 radical (unpaired) electrons. The molecule has 0 aliphatic rings. The molecule has 20 heavy (non-hydrogen) atoms. The molecule has 0 saturated carbocycles. The Kier molecular flexibility index (Phi) is 5.92. The molecule has 1 unspecified atom stereocenters. The van der Waals surface area contributed by atoms with E-state index in [1.54, 1.807) is 12.1 Å². The molecule has 0 fully saturated rings. The van der Waals surface area contributed by atoms with Crippen molar-refractivity contribution in [1.82, 2.24) is 0 Å². The molecular formula is C13H19N3O4. The van der Waals surface area contributed by atoms with Crippen molar-refractivity contribution < 1.29 is 14.8 Å². The summed E-state index contributed by atoms with van der Waals surface area (Å²) >= 11 is 0. The van der Waals surface area contributed by atoms with Gasteiger partial charge in [-0.3, -0.25) is 14.9 Å². The number of benzene rings is 1. The number of anilines is 1. The molecule has 1 aromatic rings. The first-order valence-electron chi connectivity index (χ1n) is 6.39. The van der Waals surface area contributed by atoms with E-state index in [1.807, 2.05) is 6.92 Å². The van der Waals surface area contributed by atoms with E-state index >= 15 is 0 Å². The van der Waals surface area contributed by atoms with Gasteiger partial charge in [-0.25, -0.2) is 0 Å². The molecule has 0 aromatic heterocycles. The Morgan fingerprint density at radius 1 is 1.50 bits per heavy atom. The normalized spacial score (nSPS) is 11.9. The van der Waals surface area contributed by atoms with Crippen LogP contribution in [0.1, 0.15) is 24.8 Å². The van der Waals surface area contributed by atoms with Crippen molar-refractivity contribution in [3.05, 3.63) is 33.9 Å². The molecule has 0 saturated heterocycles. The average Bonchev–Trinajstić information content (AvgIpc) is 2.37. The molecular weight excluding hydrogens is 262 g/mol. The molecule has 0 spiro atoms. The van der Waals surface area contributed by atoms with Gasteiger partial charge in [0.2, 0.25) is 0 Å². The highest BCUT2D eigenvalue weighted by atomic mass is 16.6. The van der Waals surface area contributed by atoms with Crippen LogP contribution in [0.25, 0.3) is 0 Å². The Labute approximate surface area is 116 Å². The summed E-state index contributed by atoms with van der Waals surface area (Å²) in [6.45, 7) is 2.40. The fraction of sp³-hybridized carbons (Fsp3) is 0.462. The summed E-state index contributed by atoms with van der Waals surface area (Å²) in [5.74, 6) is -1.01. The van der Waals surface area contributed by atoms with Crippen LogP contribution in [-0.4, -0.2) is 28.6 Å². The molecule has 7 heteroatoms. The first kappa shape index (κ1) is 15.9. The molecule has 0 amide bonds. The third-order valence-electron chi connectivity index (χ3n) is 2.92. The molecule has 4 N–H and O–H groups in total. The Balaban J connectivity index is 2.44. The van der Waals surface area contributed by atoms with Gasteiger partial charge in [0, 0.05) is 12.6 Å². The van der Waals surface area contributed by atoms with Crippen molar-refractivity contribution in [1.29, 1.82) is 0 Å². The maximum absolute atomic E-state index is 10.9. The second kappa shape index (κ2) is 7.44. The predicted octanol–water partition coefficient (Wildman–Crippen LogP) is 1.90. The minimum atomic E-state index is -1.01. The van der Waals surface area contributed by atoms with Crippen LogP contribution in [0.3, 0.4) is 0 Å². The summed E-state index contributed by atoms with van der Waals surface area (Å²) in [6, 6.07) is 4.04. The van der Waals surface area contributed by atoms with Crippen LogP contribution < -0.4 is 11.1 Å². The van der Waals surface area contributed by atoms with Crippen molar-refractivity contribution in [3.63, 3.8) is 0 Å². The number of nitrogens with two attached hydrogens (primary N) is 1. The maximum Gasteiger partial charge on any atom is 0.320 e. The van der Waals surface area contributed by atoms with E-state index in [0.29, 0.717) is 31.5 Å². The number of aryl methyl sites for hydroxylation is 1. The predicted molar refractivity (Wildman–Crippen MR) is 75.8 cm³/mol. The van der Waals surface area contributed by atoms with Gasteiger partial charge in [-0.1, -0.05) is 6.07 Å². The second-order valence-electron chi connectivity index (χ2n) is 4.65. The number of nitro benzene ring substituents is 1. The van der Waals surface area contributed by atoms with E-state index in [0.717, 1.165) is 5.56 Å². The van der Waals surface area contributed by atoms with Crippen molar-refractivity contribution in [2.45, 2.75) is 32.2 Å². The van der Waals surface area contributed by atoms with E-state index in [4.69, 9.17) is 10.8 Å². The third-order valence-corrected chi connectivity index (χ3v) is 2.92. The molecule has 0 aliphatic carbocycles. The van der Waals surface area contributed by atoms with Gasteiger partial charge in [0.15, 0.2) is 0 Å². The summed E-state index contributed by atoms with van der Waals surface area (Å²) in [7, 11) is 0. The third kappa shape index (κ3) is 4.85. The fourth-order valence-electron chi connectivity index (χ4n) is 1.79. The van der Waals surface area contributed by atoms with Crippen molar-refractivity contribution in [3.8, 4) is 0 Å². The summed E-state index contributed by atoms with van der Waals surface area (Å²) in [6.07, 6.45) is 1.75. The van der Waals surface area contributed by atoms with E-state index in [-0.39, 0.29) is 5.69 Å². The monoisotopic (exact) mass is 281 g/mol. The van der Waals surface area contributed by atoms with Crippen molar-refractivity contribution in [2.75, 3.05) is 11.9 Å². The molecule has 0 bridgehead atoms. The van der Waals surface area contributed by atoms with Gasteiger partial charge >= 0.3 is 5.97 Å². The lowest BCUT2D eigenvalue weighted by atomic mass is 10.1. The first-order chi connectivity index (χ1) is 9.41. The topological polar surface area (TPSA) is 118 Å². The lowest BCUT2D eigenvalue weighted by molar-refractivity contribution is -0.384.